The van der Waals surface area contributed by atoms with E-state index in [1.54, 1.807) is 16.7 Å². The van der Waals surface area contributed by atoms with E-state index < -0.39 is 0 Å². The summed E-state index contributed by atoms with van der Waals surface area (Å²) >= 11 is 0. The Labute approximate surface area is 180 Å². The fourth-order valence-corrected chi connectivity index (χ4v) is 4.42. The van der Waals surface area contributed by atoms with Crippen LogP contribution in [-0.2, 0) is 11.2 Å². The lowest BCUT2D eigenvalue weighted by Crippen LogP contribution is -2.11. The first-order valence-corrected chi connectivity index (χ1v) is 11.7. The Hall–Kier alpha value is -1.89. The minimum absolute atomic E-state index is 0.620. The second-order valence-electron chi connectivity index (χ2n) is 7.83. The predicted molar refractivity (Wildman–Crippen MR) is 129 cm³/mol. The number of hydrogen-bond acceptors (Lipinski definition) is 1. The van der Waals surface area contributed by atoms with Crippen LogP contribution in [0, 0.1) is 0 Å². The minimum Gasteiger partial charge on any atom is -0.307 e. The molecule has 0 aliphatic heterocycles. The van der Waals surface area contributed by atoms with Gasteiger partial charge in [-0.2, -0.15) is 0 Å². The Morgan fingerprint density at radius 3 is 2.48 bits per heavy atom. The summed E-state index contributed by atoms with van der Waals surface area (Å²) < 4.78 is 0. The summed E-state index contributed by atoms with van der Waals surface area (Å²) in [5, 5.41) is 0. The molecular weight excluding hydrogens is 352 g/mol. The quantitative estimate of drug-likeness (QED) is 0.303. The van der Waals surface area contributed by atoms with Gasteiger partial charge in [-0.3, -0.25) is 0 Å². The van der Waals surface area contributed by atoms with Crippen molar-refractivity contribution in [2.24, 2.45) is 0 Å². The molecule has 0 aromatic heterocycles. The van der Waals surface area contributed by atoms with E-state index in [4.69, 9.17) is 4.79 Å². The third-order valence-electron chi connectivity index (χ3n) is 5.90. The maximum absolute atomic E-state index is 8.00. The SMILES string of the molecule is C=C(CCCCCCCC1=CCCC=C1)C1CCCc2ccccc21.C=O.CC. The average molecular weight is 395 g/mol. The van der Waals surface area contributed by atoms with Crippen LogP contribution in [0.5, 0.6) is 0 Å². The molecule has 1 aromatic carbocycles. The van der Waals surface area contributed by atoms with Crippen LogP contribution in [0.3, 0.4) is 0 Å². The third-order valence-corrected chi connectivity index (χ3v) is 5.90. The summed E-state index contributed by atoms with van der Waals surface area (Å²) in [5.41, 5.74) is 6.17. The number of benzene rings is 1. The highest BCUT2D eigenvalue weighted by atomic mass is 16.1. The van der Waals surface area contributed by atoms with Gasteiger partial charge < -0.3 is 4.79 Å². The van der Waals surface area contributed by atoms with E-state index in [1.165, 1.54) is 82.6 Å². The van der Waals surface area contributed by atoms with Crippen molar-refractivity contribution in [1.29, 1.82) is 0 Å². The van der Waals surface area contributed by atoms with Crippen LogP contribution in [0.2, 0.25) is 0 Å². The number of carbonyl (C=O) groups is 1. The van der Waals surface area contributed by atoms with E-state index in [0.717, 1.165) is 0 Å². The molecule has 1 unspecified atom stereocenters. The van der Waals surface area contributed by atoms with Gasteiger partial charge in [-0.1, -0.05) is 93.3 Å². The van der Waals surface area contributed by atoms with Gasteiger partial charge in [-0.05, 0) is 68.9 Å². The zero-order chi connectivity index (χ0) is 21.3. The van der Waals surface area contributed by atoms with Crippen molar-refractivity contribution < 1.29 is 4.79 Å². The van der Waals surface area contributed by atoms with Gasteiger partial charge in [0.25, 0.3) is 0 Å². The molecule has 0 bridgehead atoms. The van der Waals surface area contributed by atoms with Gasteiger partial charge in [-0.25, -0.2) is 0 Å². The second-order valence-corrected chi connectivity index (χ2v) is 7.83. The topological polar surface area (TPSA) is 17.1 Å². The van der Waals surface area contributed by atoms with E-state index in [1.807, 2.05) is 20.6 Å². The highest BCUT2D eigenvalue weighted by molar-refractivity contribution is 5.37. The lowest BCUT2D eigenvalue weighted by atomic mass is 9.78. The summed E-state index contributed by atoms with van der Waals surface area (Å²) in [6.07, 6.45) is 22.7. The Kier molecular flexibility index (Phi) is 13.8. The fourth-order valence-electron chi connectivity index (χ4n) is 4.42. The second kappa shape index (κ2) is 16.0. The Morgan fingerprint density at radius 1 is 1.00 bits per heavy atom. The van der Waals surface area contributed by atoms with Crippen molar-refractivity contribution in [3.05, 3.63) is 71.3 Å². The molecule has 0 amide bonds. The molecule has 3 rings (SSSR count). The summed E-state index contributed by atoms with van der Waals surface area (Å²) in [5.74, 6) is 0.620. The minimum atomic E-state index is 0.620. The van der Waals surface area contributed by atoms with Crippen molar-refractivity contribution in [2.45, 2.75) is 96.8 Å². The molecule has 0 fully saturated rings. The number of fused-ring (bicyclic) bond motifs is 1. The highest BCUT2D eigenvalue weighted by Crippen LogP contribution is 2.37. The zero-order valence-corrected chi connectivity index (χ0v) is 18.9. The van der Waals surface area contributed by atoms with Crippen molar-refractivity contribution in [2.75, 3.05) is 0 Å². The van der Waals surface area contributed by atoms with E-state index in [9.17, 15) is 0 Å². The molecule has 0 heterocycles. The maximum Gasteiger partial charge on any atom is 0.106 e. The molecule has 0 saturated carbocycles. The van der Waals surface area contributed by atoms with Gasteiger partial charge in [-0.15, -0.1) is 0 Å². The monoisotopic (exact) mass is 394 g/mol. The molecule has 1 heteroatoms. The molecule has 1 atom stereocenters. The van der Waals surface area contributed by atoms with Crippen molar-refractivity contribution in [3.63, 3.8) is 0 Å². The standard InChI is InChI=1S/C25H34.C2H6.CH2O/c1-21(24-20-12-18-23-17-10-11-19-25(23)24)13-6-3-2-4-7-14-22-15-8-5-9-16-22;2*1-2/h8,10-11,15-17,19,24H,1-7,9,12-14,18,20H2;1-2H3;1H2. The molecular formula is C28H42O. The van der Waals surface area contributed by atoms with Gasteiger partial charge in [0.2, 0.25) is 0 Å². The molecule has 2 aliphatic rings. The normalized spacial score (nSPS) is 17.0. The smallest absolute Gasteiger partial charge is 0.106 e. The summed E-state index contributed by atoms with van der Waals surface area (Å²) in [6, 6.07) is 9.02. The van der Waals surface area contributed by atoms with E-state index >= 15 is 0 Å². The first-order valence-electron chi connectivity index (χ1n) is 11.7. The predicted octanol–water partition coefficient (Wildman–Crippen LogP) is 8.51. The van der Waals surface area contributed by atoms with Gasteiger partial charge in [0, 0.05) is 5.92 Å². The van der Waals surface area contributed by atoms with Crippen molar-refractivity contribution >= 4 is 6.79 Å². The van der Waals surface area contributed by atoms with E-state index in [0.29, 0.717) is 5.92 Å². The Morgan fingerprint density at radius 2 is 1.72 bits per heavy atom. The lowest BCUT2D eigenvalue weighted by Gasteiger charge is -2.27. The van der Waals surface area contributed by atoms with Crippen LogP contribution >= 0.6 is 0 Å². The van der Waals surface area contributed by atoms with Gasteiger partial charge in [0.1, 0.15) is 6.79 Å². The number of rotatable bonds is 9. The number of allylic oxidation sites excluding steroid dienone is 5. The average Bonchev–Trinajstić information content (AvgIpc) is 2.81. The summed E-state index contributed by atoms with van der Waals surface area (Å²) in [6.45, 7) is 10.5. The first-order chi connectivity index (χ1) is 14.3. The maximum atomic E-state index is 8.00. The van der Waals surface area contributed by atoms with Gasteiger partial charge in [0.05, 0.1) is 0 Å². The zero-order valence-electron chi connectivity index (χ0n) is 18.9. The van der Waals surface area contributed by atoms with Crippen LogP contribution in [0.1, 0.15) is 102 Å². The van der Waals surface area contributed by atoms with E-state index in [-0.39, 0.29) is 0 Å². The molecule has 1 nitrogen and oxygen atoms in total. The number of unbranched alkanes of at least 4 members (excludes halogenated alkanes) is 4. The molecule has 1 aromatic rings. The molecule has 0 radical (unpaired) electrons. The van der Waals surface area contributed by atoms with Crippen LogP contribution in [0.4, 0.5) is 0 Å². The molecule has 160 valence electrons. The van der Waals surface area contributed by atoms with Crippen LogP contribution < -0.4 is 0 Å². The molecule has 0 spiro atoms. The number of carbonyl (C=O) groups excluding carboxylic acids is 1. The van der Waals surface area contributed by atoms with Crippen molar-refractivity contribution in [1.82, 2.24) is 0 Å². The third kappa shape index (κ3) is 8.98. The largest absolute Gasteiger partial charge is 0.307 e. The lowest BCUT2D eigenvalue weighted by molar-refractivity contribution is -0.0979. The Balaban J connectivity index is 0.000000989. The fraction of sp³-hybridized carbons (Fsp3) is 0.536. The molecule has 2 aliphatic carbocycles. The highest BCUT2D eigenvalue weighted by Gasteiger charge is 2.21. The molecule has 0 N–H and O–H groups in total. The van der Waals surface area contributed by atoms with Crippen molar-refractivity contribution in [3.8, 4) is 0 Å². The number of aryl methyl sites for hydroxylation is 1. The first kappa shape index (κ1) is 25.1. The Bertz CT molecular complexity index is 637. The van der Waals surface area contributed by atoms with Crippen LogP contribution in [0.15, 0.2) is 60.2 Å². The summed E-state index contributed by atoms with van der Waals surface area (Å²) in [4.78, 5) is 8.00. The number of hydrogen-bond donors (Lipinski definition) is 0. The van der Waals surface area contributed by atoms with Crippen LogP contribution in [0.25, 0.3) is 0 Å². The van der Waals surface area contributed by atoms with Gasteiger partial charge >= 0.3 is 0 Å². The molecule has 29 heavy (non-hydrogen) atoms. The van der Waals surface area contributed by atoms with Gasteiger partial charge in [0.15, 0.2) is 0 Å². The van der Waals surface area contributed by atoms with Crippen LogP contribution in [-0.4, -0.2) is 6.79 Å². The van der Waals surface area contributed by atoms with E-state index in [2.05, 4.69) is 49.1 Å². The molecule has 0 saturated heterocycles. The summed E-state index contributed by atoms with van der Waals surface area (Å²) in [7, 11) is 0.